The molecule has 0 aromatic carbocycles. The van der Waals surface area contributed by atoms with Crippen molar-refractivity contribution in [3.8, 4) is 0 Å². The van der Waals surface area contributed by atoms with Gasteiger partial charge in [-0.15, -0.1) is 11.3 Å². The van der Waals surface area contributed by atoms with Crippen molar-refractivity contribution in [3.63, 3.8) is 0 Å². The molecule has 15 heavy (non-hydrogen) atoms. The topological polar surface area (TPSA) is 15.3 Å². The van der Waals surface area contributed by atoms with Gasteiger partial charge in [0.1, 0.15) is 0 Å². The zero-order valence-corrected chi connectivity index (χ0v) is 12.0. The number of halogens is 1. The molecule has 1 aromatic rings. The second-order valence-electron chi connectivity index (χ2n) is 4.01. The van der Waals surface area contributed by atoms with Crippen molar-refractivity contribution in [3.05, 3.63) is 20.8 Å². The zero-order valence-electron chi connectivity index (χ0n) is 9.59. The van der Waals surface area contributed by atoms with Gasteiger partial charge < -0.3 is 10.2 Å². The van der Waals surface area contributed by atoms with Crippen LogP contribution in [0, 0.1) is 0 Å². The number of likely N-dealkylation sites (N-methyl/N-ethyl adjacent to an activating group) is 1. The fourth-order valence-electron chi connectivity index (χ4n) is 1.47. The molecule has 1 atom stereocenters. The first kappa shape index (κ1) is 13.2. The van der Waals surface area contributed by atoms with Crippen molar-refractivity contribution < 1.29 is 0 Å². The summed E-state index contributed by atoms with van der Waals surface area (Å²) in [5.41, 5.74) is 0. The molecule has 0 fully saturated rings. The number of nitrogens with zero attached hydrogens (tertiary/aromatic N) is 1. The minimum atomic E-state index is 0.581. The highest BCUT2D eigenvalue weighted by atomic mass is 79.9. The maximum Gasteiger partial charge on any atom is 0.0285 e. The van der Waals surface area contributed by atoms with Crippen molar-refractivity contribution in [2.75, 3.05) is 27.7 Å². The summed E-state index contributed by atoms with van der Waals surface area (Å²) in [5.74, 6) is 0. The Kier molecular flexibility index (Phi) is 5.82. The average molecular weight is 291 g/mol. The fourth-order valence-corrected chi connectivity index (χ4v) is 3.00. The highest BCUT2D eigenvalue weighted by Crippen LogP contribution is 2.21. The molecular formula is C11H19BrN2S. The number of rotatable bonds is 6. The van der Waals surface area contributed by atoms with E-state index < -0.39 is 0 Å². The molecule has 0 aliphatic rings. The Morgan fingerprint density at radius 2 is 2.27 bits per heavy atom. The maximum absolute atomic E-state index is 3.49. The van der Waals surface area contributed by atoms with E-state index in [1.165, 1.54) is 15.8 Å². The lowest BCUT2D eigenvalue weighted by Gasteiger charge is -2.17. The third kappa shape index (κ3) is 5.11. The molecule has 0 aliphatic carbocycles. The lowest BCUT2D eigenvalue weighted by Crippen LogP contribution is -2.31. The Balaban J connectivity index is 2.39. The summed E-state index contributed by atoms with van der Waals surface area (Å²) >= 11 is 5.31. The Morgan fingerprint density at radius 1 is 1.53 bits per heavy atom. The Morgan fingerprint density at radius 3 is 2.73 bits per heavy atom. The molecule has 4 heteroatoms. The molecule has 0 bridgehead atoms. The van der Waals surface area contributed by atoms with Crippen molar-refractivity contribution in [2.24, 2.45) is 0 Å². The van der Waals surface area contributed by atoms with E-state index in [1.54, 1.807) is 0 Å². The molecule has 1 N–H and O–H groups in total. The van der Waals surface area contributed by atoms with Gasteiger partial charge in [-0.25, -0.2) is 0 Å². The first-order valence-electron chi connectivity index (χ1n) is 5.16. The molecule has 2 nitrogen and oxygen atoms in total. The van der Waals surface area contributed by atoms with Crippen molar-refractivity contribution in [2.45, 2.75) is 18.9 Å². The first-order valence-corrected chi connectivity index (χ1v) is 6.84. The molecule has 0 saturated carbocycles. The quantitative estimate of drug-likeness (QED) is 0.866. The van der Waals surface area contributed by atoms with Crippen LogP contribution in [-0.2, 0) is 6.42 Å². The van der Waals surface area contributed by atoms with Gasteiger partial charge in [-0.1, -0.05) is 0 Å². The molecule has 1 unspecified atom stereocenters. The number of thiophene rings is 1. The highest BCUT2D eigenvalue weighted by Gasteiger charge is 2.09. The summed E-state index contributed by atoms with van der Waals surface area (Å²) in [5, 5.41) is 5.53. The molecule has 0 aliphatic heterocycles. The molecule has 1 aromatic heterocycles. The van der Waals surface area contributed by atoms with Gasteiger partial charge in [0.05, 0.1) is 0 Å². The Labute approximate surface area is 105 Å². The number of hydrogen-bond donors (Lipinski definition) is 1. The van der Waals surface area contributed by atoms with Crippen LogP contribution in [0.15, 0.2) is 15.9 Å². The van der Waals surface area contributed by atoms with E-state index in [4.69, 9.17) is 0 Å². The molecule has 86 valence electrons. The van der Waals surface area contributed by atoms with Crippen LogP contribution in [0.3, 0.4) is 0 Å². The zero-order chi connectivity index (χ0) is 11.3. The number of nitrogens with one attached hydrogen (secondary N) is 1. The third-order valence-electron chi connectivity index (χ3n) is 2.40. The van der Waals surface area contributed by atoms with Crippen LogP contribution in [0.25, 0.3) is 0 Å². The van der Waals surface area contributed by atoms with Gasteiger partial charge in [-0.2, -0.15) is 0 Å². The van der Waals surface area contributed by atoms with E-state index in [-0.39, 0.29) is 0 Å². The van der Waals surface area contributed by atoms with Crippen LogP contribution < -0.4 is 5.32 Å². The van der Waals surface area contributed by atoms with Gasteiger partial charge >= 0.3 is 0 Å². The smallest absolute Gasteiger partial charge is 0.0285 e. The van der Waals surface area contributed by atoms with Crippen LogP contribution in [-0.4, -0.2) is 38.6 Å². The average Bonchev–Trinajstić information content (AvgIpc) is 2.58. The highest BCUT2D eigenvalue weighted by molar-refractivity contribution is 9.10. The van der Waals surface area contributed by atoms with Gasteiger partial charge in [0, 0.05) is 20.8 Å². The van der Waals surface area contributed by atoms with Crippen LogP contribution in [0.5, 0.6) is 0 Å². The predicted molar refractivity (Wildman–Crippen MR) is 71.7 cm³/mol. The van der Waals surface area contributed by atoms with E-state index in [1.807, 2.05) is 18.4 Å². The minimum Gasteiger partial charge on any atom is -0.317 e. The number of hydrogen-bond acceptors (Lipinski definition) is 3. The van der Waals surface area contributed by atoms with Crippen molar-refractivity contribution >= 4 is 27.3 Å². The van der Waals surface area contributed by atoms with Crippen molar-refractivity contribution in [1.82, 2.24) is 10.2 Å². The summed E-state index contributed by atoms with van der Waals surface area (Å²) in [7, 11) is 6.28. The third-order valence-corrected chi connectivity index (χ3v) is 4.12. The molecule has 1 rings (SSSR count). The SMILES string of the molecule is CNC(CCN(C)C)Cc1cc(Br)cs1. The molecule has 0 amide bonds. The van der Waals surface area contributed by atoms with E-state index in [0.717, 1.165) is 13.0 Å². The van der Waals surface area contributed by atoms with Crippen LogP contribution in [0.4, 0.5) is 0 Å². The molecule has 1 heterocycles. The monoisotopic (exact) mass is 290 g/mol. The summed E-state index contributed by atoms with van der Waals surface area (Å²) in [4.78, 5) is 3.68. The molecular weight excluding hydrogens is 272 g/mol. The second kappa shape index (κ2) is 6.63. The Hall–Kier alpha value is 0.1000. The van der Waals surface area contributed by atoms with E-state index in [9.17, 15) is 0 Å². The molecule has 0 radical (unpaired) electrons. The van der Waals surface area contributed by atoms with E-state index >= 15 is 0 Å². The van der Waals surface area contributed by atoms with Crippen molar-refractivity contribution in [1.29, 1.82) is 0 Å². The van der Waals surface area contributed by atoms with Crippen LogP contribution in [0.2, 0.25) is 0 Å². The Bertz CT molecular complexity index is 286. The summed E-state index contributed by atoms with van der Waals surface area (Å²) < 4.78 is 1.20. The lowest BCUT2D eigenvalue weighted by atomic mass is 10.1. The van der Waals surface area contributed by atoms with Gasteiger partial charge in [-0.05, 0) is 62.5 Å². The normalized spacial score (nSPS) is 13.4. The van der Waals surface area contributed by atoms with Gasteiger partial charge in [0.2, 0.25) is 0 Å². The molecule has 0 saturated heterocycles. The standard InChI is InChI=1S/C11H19BrN2S/c1-13-10(4-5-14(2)3)7-11-6-9(12)8-15-11/h6,8,10,13H,4-5,7H2,1-3H3. The van der Waals surface area contributed by atoms with E-state index in [2.05, 4.69) is 51.7 Å². The van der Waals surface area contributed by atoms with Crippen LogP contribution in [0.1, 0.15) is 11.3 Å². The maximum atomic E-state index is 3.49. The summed E-state index contributed by atoms with van der Waals surface area (Å²) in [6.45, 7) is 1.14. The fraction of sp³-hybridized carbons (Fsp3) is 0.636. The van der Waals surface area contributed by atoms with Crippen LogP contribution >= 0.6 is 27.3 Å². The largest absolute Gasteiger partial charge is 0.317 e. The molecule has 0 spiro atoms. The summed E-state index contributed by atoms with van der Waals surface area (Å²) in [6.07, 6.45) is 2.32. The first-order chi connectivity index (χ1) is 7.11. The predicted octanol–water partition coefficient (Wildman–Crippen LogP) is 2.59. The van der Waals surface area contributed by atoms with Gasteiger partial charge in [0.15, 0.2) is 0 Å². The second-order valence-corrected chi connectivity index (χ2v) is 5.92. The summed E-state index contributed by atoms with van der Waals surface area (Å²) in [6, 6.07) is 2.79. The minimum absolute atomic E-state index is 0.581. The van der Waals surface area contributed by atoms with Gasteiger partial charge in [0.25, 0.3) is 0 Å². The van der Waals surface area contributed by atoms with E-state index in [0.29, 0.717) is 6.04 Å². The lowest BCUT2D eigenvalue weighted by molar-refractivity contribution is 0.365. The van der Waals surface area contributed by atoms with Gasteiger partial charge in [-0.3, -0.25) is 0 Å².